The van der Waals surface area contributed by atoms with Gasteiger partial charge in [0.25, 0.3) is 0 Å². The Morgan fingerprint density at radius 2 is 1.58 bits per heavy atom. The Labute approximate surface area is 216 Å². The smallest absolute Gasteiger partial charge is 0.326 e. The molecule has 0 aliphatic rings. The Bertz CT molecular complexity index is 909. The van der Waals surface area contributed by atoms with Crippen LogP contribution in [-0.2, 0) is 25.6 Å². The molecule has 200 valence electrons. The normalized spacial score (nSPS) is 14.1. The first-order valence-corrected chi connectivity index (χ1v) is 12.2. The van der Waals surface area contributed by atoms with Gasteiger partial charge >= 0.3 is 5.97 Å². The molecule has 0 radical (unpaired) electrons. The fourth-order valence-corrected chi connectivity index (χ4v) is 3.50. The summed E-state index contributed by atoms with van der Waals surface area (Å²) in [7, 11) is 0. The third-order valence-corrected chi connectivity index (χ3v) is 5.62. The van der Waals surface area contributed by atoms with Gasteiger partial charge in [-0.1, -0.05) is 44.2 Å². The van der Waals surface area contributed by atoms with Crippen molar-refractivity contribution in [2.45, 2.75) is 57.3 Å². The zero-order valence-corrected chi connectivity index (χ0v) is 21.4. The van der Waals surface area contributed by atoms with Gasteiger partial charge < -0.3 is 38.3 Å². The lowest BCUT2D eigenvalue weighted by atomic mass is 10.0. The van der Waals surface area contributed by atoms with Crippen LogP contribution in [0.15, 0.2) is 35.3 Å². The first kappa shape index (κ1) is 30.7. The number of aliphatic carboxylic acids is 1. The molecule has 0 saturated carbocycles. The molecule has 1 aromatic rings. The fraction of sp³-hybridized carbons (Fsp3) is 0.522. The summed E-state index contributed by atoms with van der Waals surface area (Å²) in [6.45, 7) is 3.61. The van der Waals surface area contributed by atoms with E-state index in [0.717, 1.165) is 5.56 Å². The van der Waals surface area contributed by atoms with Gasteiger partial charge in [0, 0.05) is 12.3 Å². The predicted octanol–water partition coefficient (Wildman–Crippen LogP) is -1.27. The first-order chi connectivity index (χ1) is 17.0. The van der Waals surface area contributed by atoms with Crippen LogP contribution < -0.4 is 33.2 Å². The van der Waals surface area contributed by atoms with Crippen LogP contribution in [0.2, 0.25) is 0 Å². The first-order valence-electron chi connectivity index (χ1n) is 11.6. The molecule has 4 unspecified atom stereocenters. The van der Waals surface area contributed by atoms with Crippen molar-refractivity contribution in [2.24, 2.45) is 28.1 Å². The highest BCUT2D eigenvalue weighted by Gasteiger charge is 2.31. The van der Waals surface area contributed by atoms with Gasteiger partial charge in [-0.3, -0.25) is 19.4 Å². The highest BCUT2D eigenvalue weighted by Crippen LogP contribution is 2.07. The number of carboxylic acid groups (broad SMARTS) is 1. The Morgan fingerprint density at radius 1 is 0.972 bits per heavy atom. The fourth-order valence-electron chi connectivity index (χ4n) is 3.24. The summed E-state index contributed by atoms with van der Waals surface area (Å²) in [4.78, 5) is 53.6. The van der Waals surface area contributed by atoms with Crippen molar-refractivity contribution in [3.8, 4) is 0 Å². The van der Waals surface area contributed by atoms with E-state index >= 15 is 0 Å². The van der Waals surface area contributed by atoms with E-state index in [0.29, 0.717) is 6.42 Å². The quantitative estimate of drug-likeness (QED) is 0.0599. The molecule has 0 aliphatic carbocycles. The molecule has 0 fully saturated rings. The predicted molar refractivity (Wildman–Crippen MR) is 140 cm³/mol. The Balaban J connectivity index is 2.76. The Hall–Kier alpha value is -3.32. The molecule has 3 amide bonds. The number of carbonyl (C=O) groups is 4. The number of nitrogens with two attached hydrogens (primary N) is 3. The molecule has 0 spiro atoms. The molecule has 0 bridgehead atoms. The zero-order valence-electron chi connectivity index (χ0n) is 20.5. The summed E-state index contributed by atoms with van der Waals surface area (Å²) in [5.74, 6) is -3.59. The molecular weight excluding hydrogens is 486 g/mol. The van der Waals surface area contributed by atoms with Gasteiger partial charge in [0.2, 0.25) is 17.7 Å². The average molecular weight is 524 g/mol. The summed E-state index contributed by atoms with van der Waals surface area (Å²) >= 11 is 4.14. The lowest BCUT2D eigenvalue weighted by Gasteiger charge is -2.26. The molecule has 12 nitrogen and oxygen atoms in total. The summed E-state index contributed by atoms with van der Waals surface area (Å²) in [6, 6.07) is 5.02. The number of carbonyl (C=O) groups excluding carboxylic acids is 3. The third kappa shape index (κ3) is 11.0. The molecule has 0 aliphatic heterocycles. The standard InChI is InChI=1S/C23H37N7O5S/c1-13(2)18(21(33)28-16(22(34)35)9-6-10-27-23(25)26)30-20(32)17(12-36)29-19(31)15(24)11-14-7-4-3-5-8-14/h3-5,7-8,13,15-18,36H,6,9-12,24H2,1-2H3,(H,28,33)(H,29,31)(H,30,32)(H,34,35)(H4,25,26,27). The van der Waals surface area contributed by atoms with Crippen molar-refractivity contribution < 1.29 is 24.3 Å². The number of carboxylic acids is 1. The van der Waals surface area contributed by atoms with Gasteiger partial charge in [-0.2, -0.15) is 12.6 Å². The maximum atomic E-state index is 12.9. The molecule has 4 atom stereocenters. The summed E-state index contributed by atoms with van der Waals surface area (Å²) in [5, 5.41) is 17.0. The zero-order chi connectivity index (χ0) is 27.3. The Morgan fingerprint density at radius 3 is 2.11 bits per heavy atom. The van der Waals surface area contributed by atoms with Crippen LogP contribution in [0.25, 0.3) is 0 Å². The van der Waals surface area contributed by atoms with E-state index < -0.39 is 47.9 Å². The van der Waals surface area contributed by atoms with E-state index in [1.807, 2.05) is 30.3 Å². The lowest BCUT2D eigenvalue weighted by molar-refractivity contribution is -0.142. The number of hydrogen-bond donors (Lipinski definition) is 8. The van der Waals surface area contributed by atoms with Crippen molar-refractivity contribution in [3.05, 3.63) is 35.9 Å². The van der Waals surface area contributed by atoms with Crippen molar-refractivity contribution in [1.82, 2.24) is 16.0 Å². The van der Waals surface area contributed by atoms with Gasteiger partial charge in [-0.25, -0.2) is 4.79 Å². The van der Waals surface area contributed by atoms with Gasteiger partial charge in [-0.05, 0) is 30.7 Å². The molecule has 0 aromatic heterocycles. The van der Waals surface area contributed by atoms with E-state index in [1.165, 1.54) is 0 Å². The minimum atomic E-state index is -1.23. The number of amides is 3. The summed E-state index contributed by atoms with van der Waals surface area (Å²) in [6.07, 6.45) is 0.695. The minimum absolute atomic E-state index is 0.0371. The van der Waals surface area contributed by atoms with Crippen LogP contribution in [0.3, 0.4) is 0 Å². The second-order valence-electron chi connectivity index (χ2n) is 8.62. The molecule has 13 heteroatoms. The second-order valence-corrected chi connectivity index (χ2v) is 8.98. The molecule has 1 rings (SSSR count). The number of rotatable bonds is 15. The number of nitrogens with one attached hydrogen (secondary N) is 3. The highest BCUT2D eigenvalue weighted by molar-refractivity contribution is 7.80. The van der Waals surface area contributed by atoms with E-state index in [2.05, 4.69) is 33.6 Å². The average Bonchev–Trinajstić information content (AvgIpc) is 2.82. The summed E-state index contributed by atoms with van der Waals surface area (Å²) in [5.41, 5.74) is 17.4. The van der Waals surface area contributed by atoms with E-state index in [4.69, 9.17) is 17.2 Å². The van der Waals surface area contributed by atoms with E-state index in [9.17, 15) is 24.3 Å². The number of nitrogens with zero attached hydrogens (tertiary/aromatic N) is 1. The van der Waals surface area contributed by atoms with Gasteiger partial charge in [0.15, 0.2) is 5.96 Å². The molecule has 0 saturated heterocycles. The highest BCUT2D eigenvalue weighted by atomic mass is 32.1. The van der Waals surface area contributed by atoms with Crippen molar-refractivity contribution in [3.63, 3.8) is 0 Å². The van der Waals surface area contributed by atoms with Crippen LogP contribution in [0.1, 0.15) is 32.3 Å². The summed E-state index contributed by atoms with van der Waals surface area (Å²) < 4.78 is 0. The monoisotopic (exact) mass is 523 g/mol. The van der Waals surface area contributed by atoms with Crippen LogP contribution in [0.5, 0.6) is 0 Å². The van der Waals surface area contributed by atoms with Crippen LogP contribution in [0.4, 0.5) is 0 Å². The number of hydrogen-bond acceptors (Lipinski definition) is 7. The Kier molecular flexibility index (Phi) is 13.3. The largest absolute Gasteiger partial charge is 0.480 e. The molecule has 0 heterocycles. The maximum absolute atomic E-state index is 12.9. The van der Waals surface area contributed by atoms with E-state index in [-0.39, 0.29) is 37.0 Å². The number of thiol groups is 1. The van der Waals surface area contributed by atoms with Crippen molar-refractivity contribution in [1.29, 1.82) is 0 Å². The SMILES string of the molecule is CC(C)C(NC(=O)C(CS)NC(=O)C(N)Cc1ccccc1)C(=O)NC(CCCN=C(N)N)C(=O)O. The van der Waals surface area contributed by atoms with Gasteiger partial charge in [0.05, 0.1) is 6.04 Å². The van der Waals surface area contributed by atoms with Crippen LogP contribution >= 0.6 is 12.6 Å². The molecule has 1 aromatic carbocycles. The van der Waals surface area contributed by atoms with E-state index in [1.54, 1.807) is 13.8 Å². The molecular formula is C23H37N7O5S. The molecule has 36 heavy (non-hydrogen) atoms. The topological polar surface area (TPSA) is 215 Å². The van der Waals surface area contributed by atoms with Crippen LogP contribution in [0, 0.1) is 5.92 Å². The van der Waals surface area contributed by atoms with Crippen molar-refractivity contribution >= 4 is 42.3 Å². The van der Waals surface area contributed by atoms with Crippen LogP contribution in [-0.4, -0.2) is 71.2 Å². The molecule has 10 N–H and O–H groups in total. The second kappa shape index (κ2) is 15.6. The number of guanidine groups is 1. The maximum Gasteiger partial charge on any atom is 0.326 e. The number of benzene rings is 1. The lowest BCUT2D eigenvalue weighted by Crippen LogP contribution is -2.59. The van der Waals surface area contributed by atoms with Gasteiger partial charge in [0.1, 0.15) is 18.1 Å². The number of aliphatic imine (C=N–C) groups is 1. The van der Waals surface area contributed by atoms with Gasteiger partial charge in [-0.15, -0.1) is 0 Å². The third-order valence-electron chi connectivity index (χ3n) is 5.26. The minimum Gasteiger partial charge on any atom is -0.480 e. The van der Waals surface area contributed by atoms with Crippen molar-refractivity contribution in [2.75, 3.05) is 12.3 Å².